The molecular formula is C41H77NO8. The molecule has 1 saturated heterocycles. The Morgan fingerprint density at radius 2 is 1.12 bits per heavy atom. The van der Waals surface area contributed by atoms with Gasteiger partial charge < -0.3 is 40.3 Å². The highest BCUT2D eigenvalue weighted by Gasteiger charge is 2.44. The fraction of sp³-hybridized carbons (Fsp3) is 0.878. The van der Waals surface area contributed by atoms with Crippen LogP contribution in [0.15, 0.2) is 24.3 Å². The molecule has 294 valence electrons. The number of hydrogen-bond acceptors (Lipinski definition) is 8. The predicted molar refractivity (Wildman–Crippen MR) is 203 cm³/mol. The zero-order chi connectivity index (χ0) is 36.7. The summed E-state index contributed by atoms with van der Waals surface area (Å²) in [5.41, 5.74) is 0. The first kappa shape index (κ1) is 46.7. The highest BCUT2D eigenvalue weighted by molar-refractivity contribution is 5.76. The van der Waals surface area contributed by atoms with Crippen LogP contribution < -0.4 is 5.32 Å². The van der Waals surface area contributed by atoms with Crippen molar-refractivity contribution in [3.63, 3.8) is 0 Å². The van der Waals surface area contributed by atoms with Crippen LogP contribution in [0.1, 0.15) is 174 Å². The van der Waals surface area contributed by atoms with Crippen LogP contribution in [0.4, 0.5) is 0 Å². The average molecular weight is 712 g/mol. The number of unbranched alkanes of at least 4 members (excludes halogenated alkanes) is 21. The third kappa shape index (κ3) is 23.3. The third-order valence-corrected chi connectivity index (χ3v) is 9.77. The smallest absolute Gasteiger partial charge is 0.220 e. The van der Waals surface area contributed by atoms with Crippen molar-refractivity contribution < 1.29 is 39.8 Å². The van der Waals surface area contributed by atoms with Gasteiger partial charge in [-0.25, -0.2) is 0 Å². The van der Waals surface area contributed by atoms with Crippen molar-refractivity contribution in [1.82, 2.24) is 5.32 Å². The molecule has 50 heavy (non-hydrogen) atoms. The molecule has 1 amide bonds. The van der Waals surface area contributed by atoms with Crippen molar-refractivity contribution in [3.05, 3.63) is 24.3 Å². The van der Waals surface area contributed by atoms with Gasteiger partial charge in [0.25, 0.3) is 0 Å². The lowest BCUT2D eigenvalue weighted by atomic mass is 9.99. The number of ether oxygens (including phenoxy) is 2. The number of rotatable bonds is 33. The first-order chi connectivity index (χ1) is 24.3. The summed E-state index contributed by atoms with van der Waals surface area (Å²) in [5.74, 6) is -0.189. The summed E-state index contributed by atoms with van der Waals surface area (Å²) < 4.78 is 11.2. The highest BCUT2D eigenvalue weighted by atomic mass is 16.7. The molecule has 0 aromatic carbocycles. The summed E-state index contributed by atoms with van der Waals surface area (Å²) >= 11 is 0. The largest absolute Gasteiger partial charge is 0.394 e. The van der Waals surface area contributed by atoms with E-state index in [4.69, 9.17) is 9.47 Å². The van der Waals surface area contributed by atoms with E-state index in [0.717, 1.165) is 57.8 Å². The predicted octanol–water partition coefficient (Wildman–Crippen LogP) is 7.55. The Bertz CT molecular complexity index is 837. The van der Waals surface area contributed by atoms with E-state index in [0.29, 0.717) is 6.42 Å². The number of aliphatic hydroxyl groups is 5. The second-order valence-corrected chi connectivity index (χ2v) is 14.4. The van der Waals surface area contributed by atoms with Gasteiger partial charge in [-0.2, -0.15) is 0 Å². The van der Waals surface area contributed by atoms with Gasteiger partial charge in [-0.3, -0.25) is 4.79 Å². The van der Waals surface area contributed by atoms with E-state index in [2.05, 4.69) is 31.3 Å². The van der Waals surface area contributed by atoms with Gasteiger partial charge in [-0.05, 0) is 44.9 Å². The van der Waals surface area contributed by atoms with Crippen molar-refractivity contribution in [2.24, 2.45) is 0 Å². The third-order valence-electron chi connectivity index (χ3n) is 9.77. The number of nitrogens with one attached hydrogen (secondary N) is 1. The van der Waals surface area contributed by atoms with Crippen LogP contribution in [0.25, 0.3) is 0 Å². The summed E-state index contributed by atoms with van der Waals surface area (Å²) in [6, 6.07) is -0.804. The Morgan fingerprint density at radius 3 is 1.66 bits per heavy atom. The maximum absolute atomic E-state index is 12.9. The molecular weight excluding hydrogens is 634 g/mol. The Morgan fingerprint density at radius 1 is 0.660 bits per heavy atom. The van der Waals surface area contributed by atoms with Gasteiger partial charge in [0.15, 0.2) is 6.29 Å². The fourth-order valence-corrected chi connectivity index (χ4v) is 6.38. The van der Waals surface area contributed by atoms with E-state index in [1.54, 1.807) is 6.08 Å². The second-order valence-electron chi connectivity index (χ2n) is 14.4. The topological polar surface area (TPSA) is 149 Å². The molecule has 0 spiro atoms. The molecule has 1 rings (SSSR count). The van der Waals surface area contributed by atoms with Crippen molar-refractivity contribution in [3.8, 4) is 0 Å². The van der Waals surface area contributed by atoms with Crippen LogP contribution in [-0.4, -0.2) is 87.5 Å². The number of carbonyl (C=O) groups is 1. The van der Waals surface area contributed by atoms with Crippen LogP contribution in [-0.2, 0) is 14.3 Å². The Balaban J connectivity index is 2.43. The van der Waals surface area contributed by atoms with E-state index in [1.807, 2.05) is 6.08 Å². The molecule has 9 nitrogen and oxygen atoms in total. The molecule has 6 N–H and O–H groups in total. The van der Waals surface area contributed by atoms with Gasteiger partial charge in [-0.15, -0.1) is 0 Å². The van der Waals surface area contributed by atoms with Gasteiger partial charge >= 0.3 is 0 Å². The van der Waals surface area contributed by atoms with Crippen molar-refractivity contribution in [2.75, 3.05) is 13.2 Å². The maximum Gasteiger partial charge on any atom is 0.220 e. The van der Waals surface area contributed by atoms with E-state index in [1.165, 1.54) is 96.3 Å². The van der Waals surface area contributed by atoms with Crippen molar-refractivity contribution in [1.29, 1.82) is 0 Å². The van der Waals surface area contributed by atoms with Crippen LogP contribution in [0, 0.1) is 0 Å². The molecule has 1 heterocycles. The molecule has 1 aliphatic heterocycles. The van der Waals surface area contributed by atoms with Gasteiger partial charge in [0.2, 0.25) is 5.91 Å². The Hall–Kier alpha value is -1.33. The van der Waals surface area contributed by atoms with Crippen LogP contribution in [0.3, 0.4) is 0 Å². The molecule has 0 aromatic heterocycles. The van der Waals surface area contributed by atoms with Gasteiger partial charge in [0, 0.05) is 6.42 Å². The summed E-state index contributed by atoms with van der Waals surface area (Å²) in [6.45, 7) is 3.72. The lowest BCUT2D eigenvalue weighted by molar-refractivity contribution is -0.302. The SMILES string of the molecule is CCCCC/C=C\CCCCCCCC(=O)NC(COC1OC(CO)C(O)C(O)C1O)C(O)/C=C/CCCCCCCCCCCCCCC. The van der Waals surface area contributed by atoms with Crippen molar-refractivity contribution in [2.45, 2.75) is 217 Å². The molecule has 0 aliphatic carbocycles. The number of aliphatic hydroxyl groups excluding tert-OH is 5. The summed E-state index contributed by atoms with van der Waals surface area (Å²) in [7, 11) is 0. The van der Waals surface area contributed by atoms with Crippen LogP contribution in [0.5, 0.6) is 0 Å². The fourth-order valence-electron chi connectivity index (χ4n) is 6.38. The normalized spacial score (nSPS) is 22.4. The Labute approximate surface area is 305 Å². The van der Waals surface area contributed by atoms with Gasteiger partial charge in [-0.1, -0.05) is 147 Å². The molecule has 0 aromatic rings. The van der Waals surface area contributed by atoms with E-state index in [9.17, 15) is 30.3 Å². The quantitative estimate of drug-likeness (QED) is 0.0302. The zero-order valence-corrected chi connectivity index (χ0v) is 31.9. The Kier molecular flexibility index (Phi) is 30.2. The second kappa shape index (κ2) is 32.3. The molecule has 7 unspecified atom stereocenters. The standard InChI is InChI=1S/C41H77NO8/c1-3-5-7-9-11-13-15-17-18-19-20-22-24-26-28-30-35(44)34(33-49-41-40(48)39(47)38(46)36(32-43)50-41)42-37(45)31-29-27-25-23-21-16-14-12-10-8-6-4-2/h12,14,28,30,34-36,38-41,43-44,46-48H,3-11,13,15-27,29,31-33H2,1-2H3,(H,42,45)/b14-12-,30-28+. The number of hydrogen-bond donors (Lipinski definition) is 6. The maximum atomic E-state index is 12.9. The van der Waals surface area contributed by atoms with E-state index >= 15 is 0 Å². The number of amides is 1. The first-order valence-electron chi connectivity index (χ1n) is 20.6. The lowest BCUT2D eigenvalue weighted by Crippen LogP contribution is -2.60. The molecule has 0 radical (unpaired) electrons. The molecule has 9 heteroatoms. The number of allylic oxidation sites excluding steroid dienone is 3. The van der Waals surface area contributed by atoms with E-state index < -0.39 is 49.5 Å². The minimum absolute atomic E-state index is 0.189. The summed E-state index contributed by atoms with van der Waals surface area (Å²) in [5, 5.41) is 54.0. The van der Waals surface area contributed by atoms with Crippen molar-refractivity contribution >= 4 is 5.91 Å². The molecule has 1 fully saturated rings. The first-order valence-corrected chi connectivity index (χ1v) is 20.6. The van der Waals surface area contributed by atoms with Gasteiger partial charge in [0.05, 0.1) is 25.4 Å². The lowest BCUT2D eigenvalue weighted by Gasteiger charge is -2.40. The minimum Gasteiger partial charge on any atom is -0.394 e. The summed E-state index contributed by atoms with van der Waals surface area (Å²) in [6.07, 6.45) is 29.3. The summed E-state index contributed by atoms with van der Waals surface area (Å²) in [4.78, 5) is 12.9. The zero-order valence-electron chi connectivity index (χ0n) is 31.9. The van der Waals surface area contributed by atoms with Gasteiger partial charge in [0.1, 0.15) is 24.4 Å². The molecule has 1 aliphatic rings. The monoisotopic (exact) mass is 712 g/mol. The number of carbonyl (C=O) groups excluding carboxylic acids is 1. The molecule has 7 atom stereocenters. The highest BCUT2D eigenvalue weighted by Crippen LogP contribution is 2.22. The van der Waals surface area contributed by atoms with Crippen LogP contribution in [0.2, 0.25) is 0 Å². The minimum atomic E-state index is -1.56. The van der Waals surface area contributed by atoms with E-state index in [-0.39, 0.29) is 12.5 Å². The molecule has 0 saturated carbocycles. The average Bonchev–Trinajstić information content (AvgIpc) is 3.11. The molecule has 0 bridgehead atoms. The van der Waals surface area contributed by atoms with Crippen LogP contribution >= 0.6 is 0 Å².